The zero-order valence-corrected chi connectivity index (χ0v) is 12.1. The fourth-order valence-corrected chi connectivity index (χ4v) is 3.69. The molecular weight excluding hydrogens is 270 g/mol. The Morgan fingerprint density at radius 3 is 2.75 bits per heavy atom. The Hall–Kier alpha value is -1.93. The predicted octanol–water partition coefficient (Wildman–Crippen LogP) is 3.34. The van der Waals surface area contributed by atoms with Crippen molar-refractivity contribution >= 4 is 32.6 Å². The molecule has 1 aliphatic rings. The first-order valence-corrected chi connectivity index (χ1v) is 7.53. The van der Waals surface area contributed by atoms with Crippen molar-refractivity contribution in [2.45, 2.75) is 25.7 Å². The Morgan fingerprint density at radius 2 is 2.10 bits per heavy atom. The van der Waals surface area contributed by atoms with Crippen LogP contribution in [0.3, 0.4) is 0 Å². The number of anilines is 1. The summed E-state index contributed by atoms with van der Waals surface area (Å²) in [6.07, 6.45) is 3.23. The van der Waals surface area contributed by atoms with E-state index in [-0.39, 0.29) is 5.91 Å². The summed E-state index contributed by atoms with van der Waals surface area (Å²) in [5.74, 6) is -0.114. The van der Waals surface area contributed by atoms with Crippen LogP contribution < -0.4 is 4.90 Å². The summed E-state index contributed by atoms with van der Waals surface area (Å²) < 4.78 is 1.06. The highest BCUT2D eigenvalue weighted by atomic mass is 32.1. The van der Waals surface area contributed by atoms with Crippen LogP contribution in [-0.4, -0.2) is 17.9 Å². The number of thiazole rings is 1. The van der Waals surface area contributed by atoms with Gasteiger partial charge in [-0.2, -0.15) is 5.26 Å². The first-order chi connectivity index (χ1) is 9.66. The number of hydrogen-bond acceptors (Lipinski definition) is 4. The Labute approximate surface area is 121 Å². The molecule has 0 spiro atoms. The topological polar surface area (TPSA) is 57.0 Å². The smallest absolute Gasteiger partial charge is 0.248 e. The summed E-state index contributed by atoms with van der Waals surface area (Å²) >= 11 is 1.49. The van der Waals surface area contributed by atoms with Gasteiger partial charge in [0.15, 0.2) is 5.13 Å². The number of nitriles is 1. The Kier molecular flexibility index (Phi) is 3.19. The minimum absolute atomic E-state index is 0.114. The molecule has 0 N–H and O–H groups in total. The number of fused-ring (bicyclic) bond motifs is 1. The minimum atomic E-state index is -0.841. The lowest BCUT2D eigenvalue weighted by atomic mass is 9.86. The molecule has 0 bridgehead atoms. The second kappa shape index (κ2) is 4.88. The quantitative estimate of drug-likeness (QED) is 0.850. The number of hydrogen-bond donors (Lipinski definition) is 0. The van der Waals surface area contributed by atoms with Gasteiger partial charge in [0.05, 0.1) is 16.3 Å². The lowest BCUT2D eigenvalue weighted by Gasteiger charge is -2.24. The normalized spacial score (nSPS) is 17.0. The van der Waals surface area contributed by atoms with E-state index in [1.807, 2.05) is 24.3 Å². The average molecular weight is 285 g/mol. The van der Waals surface area contributed by atoms with Gasteiger partial charge in [0.25, 0.3) is 0 Å². The van der Waals surface area contributed by atoms with E-state index in [1.54, 1.807) is 11.9 Å². The molecule has 1 aliphatic carbocycles. The van der Waals surface area contributed by atoms with Crippen molar-refractivity contribution in [3.05, 3.63) is 24.3 Å². The second-order valence-corrected chi connectivity index (χ2v) is 6.24. The lowest BCUT2D eigenvalue weighted by molar-refractivity contribution is -0.124. The van der Waals surface area contributed by atoms with E-state index in [0.717, 1.165) is 23.1 Å². The SMILES string of the molecule is CN(C(=O)C1(C#N)CCCC1)c1nc2ccccc2s1. The third kappa shape index (κ3) is 1.97. The third-order valence-electron chi connectivity index (χ3n) is 3.95. The van der Waals surface area contributed by atoms with Crippen LogP contribution in [-0.2, 0) is 4.79 Å². The van der Waals surface area contributed by atoms with Crippen molar-refractivity contribution in [1.29, 1.82) is 5.26 Å². The molecule has 5 heteroatoms. The summed E-state index contributed by atoms with van der Waals surface area (Å²) in [5, 5.41) is 10.1. The number of carbonyl (C=O) groups excluding carboxylic acids is 1. The predicted molar refractivity (Wildman–Crippen MR) is 79.5 cm³/mol. The van der Waals surface area contributed by atoms with Crippen LogP contribution in [0, 0.1) is 16.7 Å². The van der Waals surface area contributed by atoms with E-state index < -0.39 is 5.41 Å². The van der Waals surface area contributed by atoms with Crippen molar-refractivity contribution in [1.82, 2.24) is 4.98 Å². The van der Waals surface area contributed by atoms with E-state index in [1.165, 1.54) is 11.3 Å². The number of carbonyl (C=O) groups is 1. The molecule has 102 valence electrons. The molecule has 1 aromatic carbocycles. The molecule has 1 heterocycles. The van der Waals surface area contributed by atoms with Crippen LogP contribution in [0.4, 0.5) is 5.13 Å². The van der Waals surface area contributed by atoms with Gasteiger partial charge < -0.3 is 0 Å². The van der Waals surface area contributed by atoms with Crippen LogP contribution in [0.15, 0.2) is 24.3 Å². The molecule has 0 atom stereocenters. The Balaban J connectivity index is 1.93. The van der Waals surface area contributed by atoms with E-state index >= 15 is 0 Å². The molecular formula is C15H15N3OS. The lowest BCUT2D eigenvalue weighted by Crippen LogP contribution is -2.39. The first kappa shape index (κ1) is 13.1. The number of aromatic nitrogens is 1. The highest BCUT2D eigenvalue weighted by Crippen LogP contribution is 2.40. The largest absolute Gasteiger partial charge is 0.290 e. The van der Waals surface area contributed by atoms with Gasteiger partial charge in [-0.3, -0.25) is 9.69 Å². The fraction of sp³-hybridized carbons (Fsp3) is 0.400. The van der Waals surface area contributed by atoms with Crippen LogP contribution in [0.2, 0.25) is 0 Å². The summed E-state index contributed by atoms with van der Waals surface area (Å²) in [5.41, 5.74) is 0.0525. The van der Waals surface area contributed by atoms with Gasteiger partial charge in [0, 0.05) is 7.05 Å². The standard InChI is InChI=1S/C15H15N3OS/c1-18(13(19)15(10-16)8-4-5-9-15)14-17-11-6-2-3-7-12(11)20-14/h2-3,6-7H,4-5,8-9H2,1H3. The van der Waals surface area contributed by atoms with Gasteiger partial charge in [0.2, 0.25) is 5.91 Å². The Morgan fingerprint density at radius 1 is 1.40 bits per heavy atom. The summed E-state index contributed by atoms with van der Waals surface area (Å²) in [4.78, 5) is 18.7. The monoisotopic (exact) mass is 285 g/mol. The van der Waals surface area contributed by atoms with Crippen molar-refractivity contribution in [3.8, 4) is 6.07 Å². The van der Waals surface area contributed by atoms with Crippen LogP contribution in [0.1, 0.15) is 25.7 Å². The van der Waals surface area contributed by atoms with Crippen molar-refractivity contribution in [3.63, 3.8) is 0 Å². The molecule has 1 amide bonds. The molecule has 1 saturated carbocycles. The molecule has 0 aliphatic heterocycles. The van der Waals surface area contributed by atoms with Gasteiger partial charge in [-0.25, -0.2) is 4.98 Å². The molecule has 20 heavy (non-hydrogen) atoms. The first-order valence-electron chi connectivity index (χ1n) is 6.71. The fourth-order valence-electron chi connectivity index (χ4n) is 2.76. The molecule has 3 rings (SSSR count). The van der Waals surface area contributed by atoms with Crippen molar-refractivity contribution in [2.24, 2.45) is 5.41 Å². The average Bonchev–Trinajstić information content (AvgIpc) is 3.12. The second-order valence-electron chi connectivity index (χ2n) is 5.23. The van der Waals surface area contributed by atoms with Gasteiger partial charge in [0.1, 0.15) is 5.41 Å². The molecule has 2 aromatic rings. The maximum absolute atomic E-state index is 12.6. The van der Waals surface area contributed by atoms with Gasteiger partial charge >= 0.3 is 0 Å². The van der Waals surface area contributed by atoms with E-state index in [4.69, 9.17) is 0 Å². The maximum atomic E-state index is 12.6. The van der Waals surface area contributed by atoms with Crippen molar-refractivity contribution < 1.29 is 4.79 Å². The number of nitrogens with zero attached hydrogens (tertiary/aromatic N) is 3. The third-order valence-corrected chi connectivity index (χ3v) is 5.07. The van der Waals surface area contributed by atoms with Crippen LogP contribution in [0.25, 0.3) is 10.2 Å². The number of amides is 1. The zero-order valence-electron chi connectivity index (χ0n) is 11.3. The van der Waals surface area contributed by atoms with E-state index in [9.17, 15) is 10.1 Å². The zero-order chi connectivity index (χ0) is 14.2. The summed E-state index contributed by atoms with van der Waals surface area (Å²) in [6.45, 7) is 0. The van der Waals surface area contributed by atoms with Gasteiger partial charge in [-0.1, -0.05) is 36.3 Å². The molecule has 4 nitrogen and oxygen atoms in total. The number of benzene rings is 1. The molecule has 1 aromatic heterocycles. The summed E-state index contributed by atoms with van der Waals surface area (Å²) in [7, 11) is 1.72. The maximum Gasteiger partial charge on any atom is 0.248 e. The Bertz CT molecular complexity index is 661. The minimum Gasteiger partial charge on any atom is -0.290 e. The highest BCUT2D eigenvalue weighted by Gasteiger charge is 2.44. The van der Waals surface area contributed by atoms with Crippen molar-refractivity contribution in [2.75, 3.05) is 11.9 Å². The molecule has 0 radical (unpaired) electrons. The van der Waals surface area contributed by atoms with Crippen LogP contribution in [0.5, 0.6) is 0 Å². The highest BCUT2D eigenvalue weighted by molar-refractivity contribution is 7.22. The molecule has 0 saturated heterocycles. The molecule has 0 unspecified atom stereocenters. The number of rotatable bonds is 2. The van der Waals surface area contributed by atoms with Crippen LogP contribution >= 0.6 is 11.3 Å². The molecule has 1 fully saturated rings. The number of para-hydroxylation sites is 1. The summed E-state index contributed by atoms with van der Waals surface area (Å²) in [6, 6.07) is 10.1. The van der Waals surface area contributed by atoms with E-state index in [2.05, 4.69) is 11.1 Å². The van der Waals surface area contributed by atoms with E-state index in [0.29, 0.717) is 18.0 Å². The van der Waals surface area contributed by atoms with Gasteiger partial charge in [-0.05, 0) is 25.0 Å². The van der Waals surface area contributed by atoms with Gasteiger partial charge in [-0.15, -0.1) is 0 Å².